The van der Waals surface area contributed by atoms with E-state index in [0.717, 1.165) is 5.69 Å². The van der Waals surface area contributed by atoms with Crippen molar-refractivity contribution in [3.8, 4) is 0 Å². The summed E-state index contributed by atoms with van der Waals surface area (Å²) in [5.74, 6) is 0. The van der Waals surface area contributed by atoms with Crippen molar-refractivity contribution in [2.24, 2.45) is 0 Å². The first-order chi connectivity index (χ1) is 17.4. The summed E-state index contributed by atoms with van der Waals surface area (Å²) in [6.07, 6.45) is 1.86. The van der Waals surface area contributed by atoms with E-state index in [4.69, 9.17) is 10.2 Å². The number of anilines is 1. The van der Waals surface area contributed by atoms with Crippen LogP contribution in [0.1, 0.15) is 53.7 Å². The molecular weight excluding hydrogens is 478 g/mol. The fraction of sp³-hybridized carbons (Fsp3) is 0.400. The lowest BCUT2D eigenvalue weighted by Gasteiger charge is -2.46. The van der Waals surface area contributed by atoms with E-state index in [-0.39, 0.29) is 17.7 Å². The molecule has 0 fully saturated rings. The molecule has 1 atom stereocenters. The minimum absolute atomic E-state index is 0.207. The smallest absolute Gasteiger partial charge is 0.408 e. The van der Waals surface area contributed by atoms with E-state index in [9.17, 15) is 9.90 Å². The van der Waals surface area contributed by atoms with Gasteiger partial charge in [-0.2, -0.15) is 0 Å². The number of nitrogens with zero attached hydrogens (tertiary/aromatic N) is 2. The van der Waals surface area contributed by atoms with E-state index in [1.807, 2.05) is 39.0 Å². The molecule has 7 heteroatoms. The normalized spacial score (nSPS) is 13.2. The first-order valence-electron chi connectivity index (χ1n) is 12.8. The van der Waals surface area contributed by atoms with Crippen LogP contribution in [-0.4, -0.2) is 47.6 Å². The first-order valence-corrected chi connectivity index (χ1v) is 14.8. The molecule has 37 heavy (non-hydrogen) atoms. The zero-order valence-corrected chi connectivity index (χ0v) is 23.9. The van der Waals surface area contributed by atoms with Crippen LogP contribution in [0.5, 0.6) is 0 Å². The third kappa shape index (κ3) is 6.40. The van der Waals surface area contributed by atoms with Crippen LogP contribution in [0.2, 0.25) is 5.04 Å². The fourth-order valence-corrected chi connectivity index (χ4v) is 9.82. The topological polar surface area (TPSA) is 88.7 Å². The Labute approximate surface area is 222 Å². The second-order valence-corrected chi connectivity index (χ2v) is 15.8. The summed E-state index contributed by atoms with van der Waals surface area (Å²) in [6, 6.07) is 24.1. The summed E-state index contributed by atoms with van der Waals surface area (Å²) in [5.41, 5.74) is 6.95. The highest BCUT2D eigenvalue weighted by molar-refractivity contribution is 6.99. The number of hydrogen-bond donors (Lipinski definition) is 2. The molecule has 0 saturated carbocycles. The average molecular weight is 520 g/mol. The summed E-state index contributed by atoms with van der Waals surface area (Å²) < 4.78 is 7.16. The maximum absolute atomic E-state index is 12.6. The lowest BCUT2D eigenvalue weighted by Crippen LogP contribution is -2.67. The Morgan fingerprint density at radius 2 is 1.49 bits per heavy atom. The zero-order chi connectivity index (χ0) is 27.3. The van der Waals surface area contributed by atoms with Gasteiger partial charge < -0.3 is 15.3 Å². The monoisotopic (exact) mass is 519 g/mol. The zero-order valence-electron chi connectivity index (χ0n) is 22.9. The highest BCUT2D eigenvalue weighted by Crippen LogP contribution is 2.37. The molecule has 0 saturated heterocycles. The van der Waals surface area contributed by atoms with Crippen molar-refractivity contribution in [1.29, 1.82) is 0 Å². The van der Waals surface area contributed by atoms with Gasteiger partial charge in [0.25, 0.3) is 8.32 Å². The van der Waals surface area contributed by atoms with Crippen LogP contribution >= 0.6 is 0 Å². The number of benzene rings is 2. The highest BCUT2D eigenvalue weighted by Gasteiger charge is 2.51. The van der Waals surface area contributed by atoms with E-state index in [1.165, 1.54) is 15.3 Å². The minimum atomic E-state index is -2.83. The van der Waals surface area contributed by atoms with E-state index >= 15 is 0 Å². The molecule has 0 bridgehead atoms. The van der Waals surface area contributed by atoms with Gasteiger partial charge in [-0.1, -0.05) is 81.4 Å². The predicted molar refractivity (Wildman–Crippen MR) is 154 cm³/mol. The number of rotatable bonds is 9. The summed E-state index contributed by atoms with van der Waals surface area (Å²) in [6.45, 7) is 12.7. The molecule has 3 N–H and O–H groups in total. The second kappa shape index (κ2) is 11.5. The van der Waals surface area contributed by atoms with Crippen molar-refractivity contribution in [3.05, 3.63) is 84.7 Å². The van der Waals surface area contributed by atoms with Gasteiger partial charge in [0.1, 0.15) is 0 Å². The number of hydrogen-bond acceptors (Lipinski definition) is 4. The van der Waals surface area contributed by atoms with Crippen molar-refractivity contribution in [1.82, 2.24) is 9.88 Å². The molecular formula is C30H41N3O3Si. The third-order valence-electron chi connectivity index (χ3n) is 6.84. The van der Waals surface area contributed by atoms with Crippen LogP contribution in [0.4, 0.5) is 10.5 Å². The van der Waals surface area contributed by atoms with Crippen LogP contribution in [0.25, 0.3) is 0 Å². The Morgan fingerprint density at radius 3 is 1.92 bits per heavy atom. The summed E-state index contributed by atoms with van der Waals surface area (Å²) in [5, 5.41) is 12.4. The number of aryl methyl sites for hydroxylation is 1. The van der Waals surface area contributed by atoms with Gasteiger partial charge >= 0.3 is 6.09 Å². The van der Waals surface area contributed by atoms with Crippen molar-refractivity contribution < 1.29 is 14.3 Å². The van der Waals surface area contributed by atoms with E-state index < -0.39 is 19.9 Å². The van der Waals surface area contributed by atoms with E-state index in [1.54, 1.807) is 12.3 Å². The van der Waals surface area contributed by atoms with Crippen LogP contribution in [0, 0.1) is 0 Å². The van der Waals surface area contributed by atoms with E-state index in [0.29, 0.717) is 18.5 Å². The summed E-state index contributed by atoms with van der Waals surface area (Å²) >= 11 is 0. The highest BCUT2D eigenvalue weighted by atomic mass is 28.4. The standard InChI is InChI=1S/C30H41N3O3Si/c1-29(2,3)33(28(34)35)23(19-20-27-26(31)18-13-21-32-27)22-36-37(30(4,5)6,24-14-9-7-10-15-24)25-16-11-8-12-17-25/h7-18,21,23H,19-20,22,31H2,1-6H3,(H,34,35)/t23-/m0/s1. The largest absolute Gasteiger partial charge is 0.465 e. The van der Waals surface area contributed by atoms with Gasteiger partial charge in [-0.25, -0.2) is 4.79 Å². The fourth-order valence-electron chi connectivity index (χ4n) is 5.22. The number of nitrogen functional groups attached to an aromatic ring is 1. The Hall–Kier alpha value is -3.16. The van der Waals surface area contributed by atoms with Gasteiger partial charge in [0.2, 0.25) is 0 Å². The number of aromatic nitrogens is 1. The Kier molecular flexibility index (Phi) is 8.82. The quantitative estimate of drug-likeness (QED) is 0.374. The van der Waals surface area contributed by atoms with Gasteiger partial charge in [-0.05, 0) is 61.2 Å². The Bertz CT molecular complexity index is 1120. The van der Waals surface area contributed by atoms with Crippen molar-refractivity contribution >= 4 is 30.5 Å². The van der Waals surface area contributed by atoms with Gasteiger partial charge in [-0.3, -0.25) is 9.88 Å². The summed E-state index contributed by atoms with van der Waals surface area (Å²) in [7, 11) is -2.83. The number of nitrogens with two attached hydrogens (primary N) is 1. The van der Waals surface area contributed by atoms with Crippen LogP contribution < -0.4 is 16.1 Å². The van der Waals surface area contributed by atoms with Gasteiger partial charge in [0.05, 0.1) is 24.0 Å². The predicted octanol–water partition coefficient (Wildman–Crippen LogP) is 5.32. The molecule has 1 amide bonds. The third-order valence-corrected chi connectivity index (χ3v) is 11.8. The molecule has 3 rings (SSSR count). The number of carbonyl (C=O) groups is 1. The molecule has 3 aromatic rings. The molecule has 198 valence electrons. The van der Waals surface area contributed by atoms with Crippen LogP contribution in [-0.2, 0) is 10.8 Å². The molecule has 1 aromatic heterocycles. The molecule has 2 aromatic carbocycles. The average Bonchev–Trinajstić information content (AvgIpc) is 2.83. The van der Waals surface area contributed by atoms with Gasteiger partial charge in [0, 0.05) is 11.7 Å². The molecule has 0 aliphatic rings. The molecule has 0 aliphatic heterocycles. The molecule has 0 radical (unpaired) electrons. The van der Waals surface area contributed by atoms with Gasteiger partial charge in [-0.15, -0.1) is 0 Å². The minimum Gasteiger partial charge on any atom is -0.465 e. The Morgan fingerprint density at radius 1 is 0.946 bits per heavy atom. The summed E-state index contributed by atoms with van der Waals surface area (Å²) in [4.78, 5) is 18.5. The van der Waals surface area contributed by atoms with Crippen LogP contribution in [0.15, 0.2) is 79.0 Å². The number of carboxylic acid groups (broad SMARTS) is 1. The van der Waals surface area contributed by atoms with Crippen molar-refractivity contribution in [2.75, 3.05) is 12.3 Å². The van der Waals surface area contributed by atoms with Gasteiger partial charge in [0.15, 0.2) is 0 Å². The maximum atomic E-state index is 12.6. The maximum Gasteiger partial charge on any atom is 0.408 e. The molecule has 6 nitrogen and oxygen atoms in total. The molecule has 1 heterocycles. The van der Waals surface area contributed by atoms with Crippen molar-refractivity contribution in [3.63, 3.8) is 0 Å². The number of pyridine rings is 1. The van der Waals surface area contributed by atoms with E-state index in [2.05, 4.69) is 74.3 Å². The Balaban J connectivity index is 2.07. The second-order valence-electron chi connectivity index (χ2n) is 11.5. The van der Waals surface area contributed by atoms with Crippen LogP contribution in [0.3, 0.4) is 0 Å². The lowest BCUT2D eigenvalue weighted by molar-refractivity contribution is 0.0462. The van der Waals surface area contributed by atoms with Crippen molar-refractivity contribution in [2.45, 2.75) is 71.0 Å². The molecule has 0 aliphatic carbocycles. The molecule has 0 spiro atoms. The number of amides is 1. The lowest BCUT2D eigenvalue weighted by atomic mass is 10.00. The first kappa shape index (κ1) is 28.4. The molecule has 0 unspecified atom stereocenters. The SMILES string of the molecule is CC(C)(C)N(C(=O)O)[C@@H](CCc1ncccc1N)CO[Si](c1ccccc1)(c1ccccc1)C(C)(C)C.